The first-order valence-corrected chi connectivity index (χ1v) is 6.53. The topological polar surface area (TPSA) is 57.1 Å². The average molecular weight is 281 g/mol. The maximum Gasteiger partial charge on any atom is 0.162 e. The van der Waals surface area contributed by atoms with Crippen molar-refractivity contribution in [2.75, 3.05) is 14.2 Å². The van der Waals surface area contributed by atoms with Gasteiger partial charge in [-0.3, -0.25) is 4.98 Å². The third-order valence-electron chi connectivity index (χ3n) is 3.33. The van der Waals surface area contributed by atoms with Gasteiger partial charge in [-0.15, -0.1) is 0 Å². The monoisotopic (exact) mass is 281 g/mol. The van der Waals surface area contributed by atoms with E-state index in [1.54, 1.807) is 26.6 Å². The van der Waals surface area contributed by atoms with Gasteiger partial charge in [0.15, 0.2) is 17.3 Å². The summed E-state index contributed by atoms with van der Waals surface area (Å²) in [6, 6.07) is 7.55. The summed E-state index contributed by atoms with van der Waals surface area (Å²) >= 11 is 0. The summed E-state index contributed by atoms with van der Waals surface area (Å²) in [4.78, 5) is 13.2. The van der Waals surface area contributed by atoms with Gasteiger partial charge in [-0.25, -0.2) is 9.97 Å². The van der Waals surface area contributed by atoms with Gasteiger partial charge in [0.1, 0.15) is 0 Å². The maximum atomic E-state index is 5.33. The van der Waals surface area contributed by atoms with E-state index in [0.717, 1.165) is 22.2 Å². The van der Waals surface area contributed by atoms with Crippen molar-refractivity contribution in [3.8, 4) is 22.9 Å². The van der Waals surface area contributed by atoms with Crippen LogP contribution in [0.4, 0.5) is 0 Å². The number of hydrogen-bond acceptors (Lipinski definition) is 5. The lowest BCUT2D eigenvalue weighted by molar-refractivity contribution is 0.355. The van der Waals surface area contributed by atoms with E-state index in [1.807, 2.05) is 31.2 Å². The second-order valence-electron chi connectivity index (χ2n) is 4.59. The van der Waals surface area contributed by atoms with E-state index >= 15 is 0 Å². The van der Waals surface area contributed by atoms with Gasteiger partial charge >= 0.3 is 0 Å². The minimum absolute atomic E-state index is 0.656. The predicted octanol–water partition coefficient (Wildman–Crippen LogP) is 3.02. The van der Waals surface area contributed by atoms with Crippen LogP contribution in [0.5, 0.6) is 11.5 Å². The fourth-order valence-electron chi connectivity index (χ4n) is 2.24. The van der Waals surface area contributed by atoms with Gasteiger partial charge in [-0.1, -0.05) is 0 Å². The Morgan fingerprint density at radius 1 is 0.905 bits per heavy atom. The molecule has 3 aromatic rings. The second kappa shape index (κ2) is 5.36. The molecule has 0 spiro atoms. The Morgan fingerprint density at radius 3 is 2.24 bits per heavy atom. The van der Waals surface area contributed by atoms with Crippen molar-refractivity contribution in [3.05, 3.63) is 42.4 Å². The van der Waals surface area contributed by atoms with Gasteiger partial charge < -0.3 is 9.47 Å². The van der Waals surface area contributed by atoms with Gasteiger partial charge in [-0.2, -0.15) is 0 Å². The van der Waals surface area contributed by atoms with E-state index in [-0.39, 0.29) is 0 Å². The number of aryl methyl sites for hydroxylation is 1. The van der Waals surface area contributed by atoms with Crippen molar-refractivity contribution in [3.63, 3.8) is 0 Å². The molecule has 1 aromatic carbocycles. The number of methoxy groups -OCH3 is 2. The van der Waals surface area contributed by atoms with Crippen LogP contribution in [0.2, 0.25) is 0 Å². The first kappa shape index (κ1) is 13.3. The Bertz CT molecular complexity index is 788. The third-order valence-corrected chi connectivity index (χ3v) is 3.33. The van der Waals surface area contributed by atoms with Crippen molar-refractivity contribution in [1.82, 2.24) is 15.0 Å². The Hall–Kier alpha value is -2.69. The summed E-state index contributed by atoms with van der Waals surface area (Å²) in [6.45, 7) is 1.96. The van der Waals surface area contributed by atoms with Gasteiger partial charge in [0.25, 0.3) is 0 Å². The summed E-state index contributed by atoms with van der Waals surface area (Å²) < 4.78 is 10.7. The molecule has 0 N–H and O–H groups in total. The van der Waals surface area contributed by atoms with Crippen LogP contribution in [0, 0.1) is 6.92 Å². The molecule has 0 saturated heterocycles. The number of nitrogens with zero attached hydrogens (tertiary/aromatic N) is 3. The lowest BCUT2D eigenvalue weighted by atomic mass is 10.1. The Kier molecular flexibility index (Phi) is 3.39. The molecule has 0 bridgehead atoms. The van der Waals surface area contributed by atoms with Crippen LogP contribution in [-0.4, -0.2) is 29.2 Å². The van der Waals surface area contributed by atoms with E-state index in [0.29, 0.717) is 17.3 Å². The second-order valence-corrected chi connectivity index (χ2v) is 4.59. The maximum absolute atomic E-state index is 5.33. The SMILES string of the molecule is COc1cc2nc(-c3ccncc3)nc(C)c2cc1OC. The fraction of sp³-hybridized carbons (Fsp3) is 0.188. The van der Waals surface area contributed by atoms with Crippen LogP contribution < -0.4 is 9.47 Å². The summed E-state index contributed by atoms with van der Waals surface area (Å²) in [5.74, 6) is 2.01. The lowest BCUT2D eigenvalue weighted by Crippen LogP contribution is -1.97. The molecule has 0 fully saturated rings. The van der Waals surface area contributed by atoms with Crippen LogP contribution in [0.15, 0.2) is 36.7 Å². The highest BCUT2D eigenvalue weighted by molar-refractivity contribution is 5.86. The van der Waals surface area contributed by atoms with E-state index in [1.165, 1.54) is 0 Å². The molecule has 21 heavy (non-hydrogen) atoms. The molecule has 0 unspecified atom stereocenters. The number of benzene rings is 1. The molecule has 0 aliphatic carbocycles. The molecule has 2 heterocycles. The predicted molar refractivity (Wildman–Crippen MR) is 80.6 cm³/mol. The molecule has 0 aliphatic heterocycles. The number of ether oxygens (including phenoxy) is 2. The zero-order valence-electron chi connectivity index (χ0n) is 12.1. The first-order valence-electron chi connectivity index (χ1n) is 6.53. The van der Waals surface area contributed by atoms with Gasteiger partial charge in [0.05, 0.1) is 19.7 Å². The largest absolute Gasteiger partial charge is 0.493 e. The molecule has 3 rings (SSSR count). The van der Waals surface area contributed by atoms with Crippen molar-refractivity contribution in [1.29, 1.82) is 0 Å². The van der Waals surface area contributed by atoms with Gasteiger partial charge in [-0.05, 0) is 25.1 Å². The van der Waals surface area contributed by atoms with E-state index in [4.69, 9.17) is 9.47 Å². The molecule has 0 aliphatic rings. The number of pyridine rings is 1. The van der Waals surface area contributed by atoms with Gasteiger partial charge in [0, 0.05) is 35.1 Å². The van der Waals surface area contributed by atoms with Crippen LogP contribution in [-0.2, 0) is 0 Å². The molecule has 0 amide bonds. The highest BCUT2D eigenvalue weighted by Crippen LogP contribution is 2.33. The summed E-state index contributed by atoms with van der Waals surface area (Å²) in [5, 5.41) is 0.949. The van der Waals surface area contributed by atoms with Crippen molar-refractivity contribution >= 4 is 10.9 Å². The van der Waals surface area contributed by atoms with Gasteiger partial charge in [0.2, 0.25) is 0 Å². The molecule has 0 saturated carbocycles. The molecule has 106 valence electrons. The average Bonchev–Trinajstić information content (AvgIpc) is 2.54. The minimum Gasteiger partial charge on any atom is -0.493 e. The molecular weight excluding hydrogens is 266 g/mol. The van der Waals surface area contributed by atoms with Crippen LogP contribution in [0.3, 0.4) is 0 Å². The Morgan fingerprint density at radius 2 is 1.57 bits per heavy atom. The molecule has 2 aromatic heterocycles. The highest BCUT2D eigenvalue weighted by Gasteiger charge is 2.11. The number of hydrogen-bond donors (Lipinski definition) is 0. The zero-order valence-corrected chi connectivity index (χ0v) is 12.1. The third kappa shape index (κ3) is 2.38. The minimum atomic E-state index is 0.656. The Labute approximate surface area is 122 Å². The van der Waals surface area contributed by atoms with Crippen LogP contribution in [0.25, 0.3) is 22.3 Å². The van der Waals surface area contributed by atoms with Crippen LogP contribution in [0.1, 0.15) is 5.69 Å². The summed E-state index contributed by atoms with van der Waals surface area (Å²) in [6.07, 6.45) is 3.46. The standard InChI is InChI=1S/C16H15N3O2/c1-10-12-8-14(20-2)15(21-3)9-13(12)19-16(18-10)11-4-6-17-7-5-11/h4-9H,1-3H3. The molecule has 0 atom stereocenters. The zero-order chi connectivity index (χ0) is 14.8. The number of rotatable bonds is 3. The van der Waals surface area contributed by atoms with Crippen molar-refractivity contribution < 1.29 is 9.47 Å². The van der Waals surface area contributed by atoms with E-state index in [2.05, 4.69) is 15.0 Å². The van der Waals surface area contributed by atoms with E-state index < -0.39 is 0 Å². The molecule has 0 radical (unpaired) electrons. The molecular formula is C16H15N3O2. The normalized spacial score (nSPS) is 10.6. The number of aromatic nitrogens is 3. The summed E-state index contributed by atoms with van der Waals surface area (Å²) in [5.41, 5.74) is 2.66. The Balaban J connectivity index is 2.24. The van der Waals surface area contributed by atoms with Crippen molar-refractivity contribution in [2.45, 2.75) is 6.92 Å². The molecule has 5 heteroatoms. The fourth-order valence-corrected chi connectivity index (χ4v) is 2.24. The first-order chi connectivity index (χ1) is 10.2. The number of fused-ring (bicyclic) bond motifs is 1. The quantitative estimate of drug-likeness (QED) is 0.738. The lowest BCUT2D eigenvalue weighted by Gasteiger charge is -2.11. The summed E-state index contributed by atoms with van der Waals surface area (Å²) in [7, 11) is 3.23. The van der Waals surface area contributed by atoms with Crippen LogP contribution >= 0.6 is 0 Å². The molecule has 5 nitrogen and oxygen atoms in total. The highest BCUT2D eigenvalue weighted by atomic mass is 16.5. The van der Waals surface area contributed by atoms with E-state index in [9.17, 15) is 0 Å². The smallest absolute Gasteiger partial charge is 0.162 e. The van der Waals surface area contributed by atoms with Crippen molar-refractivity contribution in [2.24, 2.45) is 0 Å².